The first-order valence-corrected chi connectivity index (χ1v) is 8.44. The standard InChI is InChI=1S/C16H29NO3/c18-14(11-19-12-15-6-3-9-20-15)10-17-8-2-5-13-4-1-7-16(13)17/h13-16,18H,1-12H2. The fourth-order valence-corrected chi connectivity index (χ4v) is 4.22. The van der Waals surface area contributed by atoms with E-state index in [4.69, 9.17) is 9.47 Å². The Balaban J connectivity index is 1.36. The Morgan fingerprint density at radius 1 is 1.15 bits per heavy atom. The number of fused-ring (bicyclic) bond motifs is 1. The summed E-state index contributed by atoms with van der Waals surface area (Å²) in [7, 11) is 0. The van der Waals surface area contributed by atoms with Crippen molar-refractivity contribution in [2.75, 3.05) is 32.9 Å². The lowest BCUT2D eigenvalue weighted by Gasteiger charge is -2.38. The number of aliphatic hydroxyl groups excluding tert-OH is 1. The molecule has 2 saturated heterocycles. The van der Waals surface area contributed by atoms with Crippen molar-refractivity contribution in [3.8, 4) is 0 Å². The molecule has 20 heavy (non-hydrogen) atoms. The first-order chi connectivity index (χ1) is 9.83. The maximum Gasteiger partial charge on any atom is 0.0900 e. The number of hydrogen-bond donors (Lipinski definition) is 1. The molecule has 2 aliphatic heterocycles. The molecule has 2 heterocycles. The van der Waals surface area contributed by atoms with E-state index in [-0.39, 0.29) is 12.2 Å². The van der Waals surface area contributed by atoms with E-state index in [1.807, 2.05) is 0 Å². The summed E-state index contributed by atoms with van der Waals surface area (Å²) in [6.07, 6.45) is 8.95. The zero-order valence-corrected chi connectivity index (χ0v) is 12.5. The van der Waals surface area contributed by atoms with Gasteiger partial charge in [0.25, 0.3) is 0 Å². The highest BCUT2D eigenvalue weighted by atomic mass is 16.5. The molecule has 0 radical (unpaired) electrons. The molecule has 3 aliphatic rings. The van der Waals surface area contributed by atoms with Crippen LogP contribution < -0.4 is 0 Å². The predicted molar refractivity (Wildman–Crippen MR) is 77.7 cm³/mol. The number of likely N-dealkylation sites (tertiary alicyclic amines) is 1. The van der Waals surface area contributed by atoms with Crippen LogP contribution in [0, 0.1) is 5.92 Å². The van der Waals surface area contributed by atoms with Gasteiger partial charge in [0, 0.05) is 19.2 Å². The lowest BCUT2D eigenvalue weighted by molar-refractivity contribution is -0.0336. The molecule has 1 aliphatic carbocycles. The van der Waals surface area contributed by atoms with Crippen LogP contribution in [0.2, 0.25) is 0 Å². The van der Waals surface area contributed by atoms with Gasteiger partial charge in [0.05, 0.1) is 25.4 Å². The summed E-state index contributed by atoms with van der Waals surface area (Å²) in [6.45, 7) is 3.90. The molecule has 0 aromatic rings. The van der Waals surface area contributed by atoms with E-state index in [9.17, 15) is 5.11 Å². The Morgan fingerprint density at radius 3 is 2.90 bits per heavy atom. The zero-order valence-electron chi connectivity index (χ0n) is 12.5. The Bertz CT molecular complexity index is 293. The van der Waals surface area contributed by atoms with Crippen LogP contribution in [0.1, 0.15) is 44.9 Å². The minimum atomic E-state index is -0.351. The zero-order chi connectivity index (χ0) is 13.8. The molecule has 4 unspecified atom stereocenters. The Morgan fingerprint density at radius 2 is 2.05 bits per heavy atom. The maximum atomic E-state index is 10.2. The van der Waals surface area contributed by atoms with Gasteiger partial charge in [-0.3, -0.25) is 4.90 Å². The van der Waals surface area contributed by atoms with Gasteiger partial charge in [-0.2, -0.15) is 0 Å². The van der Waals surface area contributed by atoms with Crippen LogP contribution in [0.4, 0.5) is 0 Å². The second-order valence-corrected chi connectivity index (χ2v) is 6.72. The highest BCUT2D eigenvalue weighted by Gasteiger charge is 2.35. The van der Waals surface area contributed by atoms with Crippen molar-refractivity contribution >= 4 is 0 Å². The van der Waals surface area contributed by atoms with Crippen molar-refractivity contribution in [1.82, 2.24) is 4.90 Å². The molecular formula is C16H29NO3. The first-order valence-electron chi connectivity index (χ1n) is 8.44. The van der Waals surface area contributed by atoms with Crippen molar-refractivity contribution < 1.29 is 14.6 Å². The van der Waals surface area contributed by atoms with E-state index in [0.717, 1.165) is 44.5 Å². The van der Waals surface area contributed by atoms with Gasteiger partial charge in [-0.1, -0.05) is 6.42 Å². The van der Waals surface area contributed by atoms with Gasteiger partial charge in [-0.05, 0) is 51.0 Å². The smallest absolute Gasteiger partial charge is 0.0900 e. The summed E-state index contributed by atoms with van der Waals surface area (Å²) in [6, 6.07) is 0.733. The minimum absolute atomic E-state index is 0.261. The summed E-state index contributed by atoms with van der Waals surface area (Å²) < 4.78 is 11.2. The molecule has 4 atom stereocenters. The number of piperidine rings is 1. The Labute approximate surface area is 122 Å². The predicted octanol–water partition coefficient (Wildman–Crippen LogP) is 1.81. The van der Waals surface area contributed by atoms with E-state index >= 15 is 0 Å². The summed E-state index contributed by atoms with van der Waals surface area (Å²) >= 11 is 0. The minimum Gasteiger partial charge on any atom is -0.389 e. The second-order valence-electron chi connectivity index (χ2n) is 6.72. The highest BCUT2D eigenvalue weighted by molar-refractivity contribution is 4.89. The van der Waals surface area contributed by atoms with Crippen LogP contribution in [-0.2, 0) is 9.47 Å². The highest BCUT2D eigenvalue weighted by Crippen LogP contribution is 2.36. The fraction of sp³-hybridized carbons (Fsp3) is 1.00. The molecule has 1 saturated carbocycles. The van der Waals surface area contributed by atoms with E-state index in [0.29, 0.717) is 13.2 Å². The average Bonchev–Trinajstić information content (AvgIpc) is 3.09. The number of ether oxygens (including phenoxy) is 2. The topological polar surface area (TPSA) is 41.9 Å². The van der Waals surface area contributed by atoms with Gasteiger partial charge in [0.2, 0.25) is 0 Å². The summed E-state index contributed by atoms with van der Waals surface area (Å²) in [5, 5.41) is 10.2. The van der Waals surface area contributed by atoms with Gasteiger partial charge >= 0.3 is 0 Å². The van der Waals surface area contributed by atoms with Crippen LogP contribution in [0.15, 0.2) is 0 Å². The third-order valence-electron chi connectivity index (χ3n) is 5.19. The molecule has 0 aromatic heterocycles. The maximum absolute atomic E-state index is 10.2. The summed E-state index contributed by atoms with van der Waals surface area (Å²) in [4.78, 5) is 2.52. The van der Waals surface area contributed by atoms with Crippen LogP contribution in [0.3, 0.4) is 0 Å². The molecule has 116 valence electrons. The number of rotatable bonds is 6. The molecule has 4 heteroatoms. The van der Waals surface area contributed by atoms with Crippen LogP contribution >= 0.6 is 0 Å². The van der Waals surface area contributed by atoms with Crippen LogP contribution in [0.25, 0.3) is 0 Å². The monoisotopic (exact) mass is 283 g/mol. The van der Waals surface area contributed by atoms with Crippen molar-refractivity contribution in [3.63, 3.8) is 0 Å². The molecular weight excluding hydrogens is 254 g/mol. The molecule has 3 fully saturated rings. The third kappa shape index (κ3) is 3.73. The number of hydrogen-bond acceptors (Lipinski definition) is 4. The summed E-state index contributed by atoms with van der Waals surface area (Å²) in [5.41, 5.74) is 0. The number of aliphatic hydroxyl groups is 1. The quantitative estimate of drug-likeness (QED) is 0.807. The summed E-state index contributed by atoms with van der Waals surface area (Å²) in [5.74, 6) is 0.892. The van der Waals surface area contributed by atoms with Gasteiger partial charge in [-0.25, -0.2) is 0 Å². The largest absolute Gasteiger partial charge is 0.389 e. The van der Waals surface area contributed by atoms with Crippen molar-refractivity contribution in [1.29, 1.82) is 0 Å². The fourth-order valence-electron chi connectivity index (χ4n) is 4.22. The Hall–Kier alpha value is -0.160. The molecule has 0 spiro atoms. The van der Waals surface area contributed by atoms with Crippen molar-refractivity contribution in [3.05, 3.63) is 0 Å². The SMILES string of the molecule is OC(COCC1CCCO1)CN1CCCC2CCCC21. The molecule has 0 aromatic carbocycles. The lowest BCUT2D eigenvalue weighted by Crippen LogP contribution is -2.47. The van der Waals surface area contributed by atoms with Gasteiger partial charge in [0.15, 0.2) is 0 Å². The van der Waals surface area contributed by atoms with E-state index in [1.165, 1.54) is 32.1 Å². The molecule has 3 rings (SSSR count). The van der Waals surface area contributed by atoms with E-state index in [2.05, 4.69) is 4.90 Å². The average molecular weight is 283 g/mol. The van der Waals surface area contributed by atoms with E-state index < -0.39 is 0 Å². The molecule has 0 amide bonds. The molecule has 0 bridgehead atoms. The molecule has 1 N–H and O–H groups in total. The van der Waals surface area contributed by atoms with Crippen molar-refractivity contribution in [2.45, 2.75) is 63.2 Å². The van der Waals surface area contributed by atoms with Gasteiger partial charge in [0.1, 0.15) is 0 Å². The lowest BCUT2D eigenvalue weighted by atomic mass is 9.92. The van der Waals surface area contributed by atoms with Crippen LogP contribution in [-0.4, -0.2) is 61.2 Å². The second kappa shape index (κ2) is 7.21. The van der Waals surface area contributed by atoms with Crippen molar-refractivity contribution in [2.24, 2.45) is 5.92 Å². The Kier molecular flexibility index (Phi) is 5.32. The first kappa shape index (κ1) is 14.8. The molecule has 4 nitrogen and oxygen atoms in total. The van der Waals surface area contributed by atoms with Gasteiger partial charge in [-0.15, -0.1) is 0 Å². The number of nitrogens with zero attached hydrogens (tertiary/aromatic N) is 1. The number of β-amino-alcohol motifs (C(OH)–C–C–N with tert-alkyl or cyclic N) is 1. The third-order valence-corrected chi connectivity index (χ3v) is 5.19. The van der Waals surface area contributed by atoms with Crippen LogP contribution in [0.5, 0.6) is 0 Å². The van der Waals surface area contributed by atoms with E-state index in [1.54, 1.807) is 0 Å². The normalized spacial score (nSPS) is 36.1. The van der Waals surface area contributed by atoms with Gasteiger partial charge < -0.3 is 14.6 Å².